The van der Waals surface area contributed by atoms with E-state index < -0.39 is 0 Å². The number of hydrogen-bond acceptors (Lipinski definition) is 4. The lowest BCUT2D eigenvalue weighted by atomic mass is 10.2. The lowest BCUT2D eigenvalue weighted by Gasteiger charge is -2.28. The number of benzene rings is 1. The zero-order chi connectivity index (χ0) is 11.7. The molecule has 0 bridgehead atoms. The number of anilines is 1. The molecule has 1 aromatic carbocycles. The van der Waals surface area contributed by atoms with E-state index in [-0.39, 0.29) is 5.82 Å². The summed E-state index contributed by atoms with van der Waals surface area (Å²) in [4.78, 5) is 10.5. The van der Waals surface area contributed by atoms with Crippen molar-refractivity contribution in [3.8, 4) is 0 Å². The monoisotopic (exact) mass is 249 g/mol. The lowest BCUT2D eigenvalue weighted by Crippen LogP contribution is -2.33. The Bertz CT molecular complexity index is 535. The molecule has 0 radical (unpaired) electrons. The molecule has 0 atom stereocenters. The minimum Gasteiger partial charge on any atom is -0.354 e. The van der Waals surface area contributed by atoms with Crippen LogP contribution in [0.25, 0.3) is 10.9 Å². The maximum Gasteiger partial charge on any atom is 0.142 e. The Balaban J connectivity index is 2.14. The van der Waals surface area contributed by atoms with Crippen molar-refractivity contribution >= 4 is 28.5 Å². The summed E-state index contributed by atoms with van der Waals surface area (Å²) in [6, 6.07) is 4.97. The van der Waals surface area contributed by atoms with Crippen LogP contribution < -0.4 is 4.90 Å². The number of fused-ring (bicyclic) bond motifs is 1. The molecule has 1 fully saturated rings. The van der Waals surface area contributed by atoms with Gasteiger partial charge in [-0.1, -0.05) is 6.07 Å². The first kappa shape index (κ1) is 10.8. The second-order valence-corrected chi connectivity index (χ2v) is 5.16. The normalized spacial score (nSPS) is 16.4. The van der Waals surface area contributed by atoms with Crippen molar-refractivity contribution < 1.29 is 4.39 Å². The molecule has 2 aromatic rings. The number of thioether (sulfide) groups is 1. The highest BCUT2D eigenvalue weighted by atomic mass is 32.2. The molecular weight excluding hydrogens is 237 g/mol. The first-order valence-corrected chi connectivity index (χ1v) is 6.73. The first-order chi connectivity index (χ1) is 8.36. The molecule has 1 saturated heterocycles. The van der Waals surface area contributed by atoms with Crippen LogP contribution in [0, 0.1) is 5.82 Å². The summed E-state index contributed by atoms with van der Waals surface area (Å²) in [5, 5.41) is 0.543. The van der Waals surface area contributed by atoms with Crippen LogP contribution in [-0.4, -0.2) is 34.6 Å². The largest absolute Gasteiger partial charge is 0.354 e. The van der Waals surface area contributed by atoms with E-state index in [0.29, 0.717) is 10.9 Å². The van der Waals surface area contributed by atoms with Crippen molar-refractivity contribution in [2.75, 3.05) is 29.5 Å². The molecule has 3 nitrogen and oxygen atoms in total. The van der Waals surface area contributed by atoms with E-state index in [1.54, 1.807) is 6.07 Å². The van der Waals surface area contributed by atoms with Gasteiger partial charge in [-0.2, -0.15) is 11.8 Å². The van der Waals surface area contributed by atoms with Gasteiger partial charge in [0.1, 0.15) is 18.0 Å². The summed E-state index contributed by atoms with van der Waals surface area (Å²) in [7, 11) is 0. The number of hydrogen-bond donors (Lipinski definition) is 0. The van der Waals surface area contributed by atoms with Crippen molar-refractivity contribution in [3.63, 3.8) is 0 Å². The minimum absolute atomic E-state index is 0.240. The van der Waals surface area contributed by atoms with Crippen LogP contribution in [0.3, 0.4) is 0 Å². The molecule has 0 amide bonds. The highest BCUT2D eigenvalue weighted by Gasteiger charge is 2.17. The molecule has 5 heteroatoms. The number of nitrogens with zero attached hydrogens (tertiary/aromatic N) is 3. The van der Waals surface area contributed by atoms with Crippen LogP contribution in [0.2, 0.25) is 0 Å². The fraction of sp³-hybridized carbons (Fsp3) is 0.333. The van der Waals surface area contributed by atoms with Crippen molar-refractivity contribution in [1.29, 1.82) is 0 Å². The third kappa shape index (κ3) is 1.95. The minimum atomic E-state index is -0.240. The SMILES string of the molecule is Fc1cccc2ncnc(N3CCSCC3)c12. The summed E-state index contributed by atoms with van der Waals surface area (Å²) in [5.41, 5.74) is 0.674. The topological polar surface area (TPSA) is 29.0 Å². The van der Waals surface area contributed by atoms with Gasteiger partial charge in [0.2, 0.25) is 0 Å². The number of aromatic nitrogens is 2. The first-order valence-electron chi connectivity index (χ1n) is 5.58. The van der Waals surface area contributed by atoms with Gasteiger partial charge in [0.25, 0.3) is 0 Å². The second-order valence-electron chi connectivity index (χ2n) is 3.93. The second kappa shape index (κ2) is 4.49. The van der Waals surface area contributed by atoms with Crippen LogP contribution in [-0.2, 0) is 0 Å². The van der Waals surface area contributed by atoms with Gasteiger partial charge in [-0.15, -0.1) is 0 Å². The maximum atomic E-state index is 13.9. The molecule has 17 heavy (non-hydrogen) atoms. The van der Waals surface area contributed by atoms with Gasteiger partial charge in [0.15, 0.2) is 0 Å². The van der Waals surface area contributed by atoms with Gasteiger partial charge in [-0.05, 0) is 12.1 Å². The fourth-order valence-electron chi connectivity index (χ4n) is 2.07. The Morgan fingerprint density at radius 1 is 1.18 bits per heavy atom. The van der Waals surface area contributed by atoms with Gasteiger partial charge in [-0.3, -0.25) is 0 Å². The Kier molecular flexibility index (Phi) is 2.84. The molecule has 3 rings (SSSR count). The molecule has 88 valence electrons. The van der Waals surface area contributed by atoms with E-state index in [9.17, 15) is 4.39 Å². The number of halogens is 1. The average molecular weight is 249 g/mol. The van der Waals surface area contributed by atoms with Crippen molar-refractivity contribution in [1.82, 2.24) is 9.97 Å². The quantitative estimate of drug-likeness (QED) is 0.775. The van der Waals surface area contributed by atoms with E-state index in [4.69, 9.17) is 0 Å². The van der Waals surface area contributed by atoms with Crippen LogP contribution in [0.5, 0.6) is 0 Å². The summed E-state index contributed by atoms with van der Waals surface area (Å²) >= 11 is 1.92. The van der Waals surface area contributed by atoms with E-state index in [2.05, 4.69) is 14.9 Å². The summed E-state index contributed by atoms with van der Waals surface area (Å²) < 4.78 is 13.9. The Labute approximate surface area is 103 Å². The third-order valence-electron chi connectivity index (χ3n) is 2.90. The predicted molar refractivity (Wildman–Crippen MR) is 69.0 cm³/mol. The smallest absolute Gasteiger partial charge is 0.142 e. The Morgan fingerprint density at radius 3 is 2.82 bits per heavy atom. The van der Waals surface area contributed by atoms with Crippen LogP contribution in [0.1, 0.15) is 0 Å². The van der Waals surface area contributed by atoms with Gasteiger partial charge in [0.05, 0.1) is 10.9 Å². The third-order valence-corrected chi connectivity index (χ3v) is 3.85. The molecular formula is C12H12FN3S. The predicted octanol–water partition coefficient (Wildman–Crippen LogP) is 2.32. The average Bonchev–Trinajstić information content (AvgIpc) is 2.39. The van der Waals surface area contributed by atoms with Gasteiger partial charge < -0.3 is 4.90 Å². The standard InChI is InChI=1S/C12H12FN3S/c13-9-2-1-3-10-11(9)12(15-8-14-10)16-4-6-17-7-5-16/h1-3,8H,4-7H2. The molecule has 1 aliphatic heterocycles. The summed E-state index contributed by atoms with van der Waals surface area (Å²) in [5.74, 6) is 2.63. The number of rotatable bonds is 1. The van der Waals surface area contributed by atoms with Gasteiger partial charge >= 0.3 is 0 Å². The highest BCUT2D eigenvalue weighted by molar-refractivity contribution is 7.99. The van der Waals surface area contributed by atoms with Crippen molar-refractivity contribution in [2.24, 2.45) is 0 Å². The Hall–Kier alpha value is -1.36. The maximum absolute atomic E-state index is 13.9. The van der Waals surface area contributed by atoms with Crippen LogP contribution in [0.15, 0.2) is 24.5 Å². The van der Waals surface area contributed by atoms with Gasteiger partial charge in [-0.25, -0.2) is 14.4 Å². The van der Waals surface area contributed by atoms with Crippen LogP contribution in [0.4, 0.5) is 10.2 Å². The van der Waals surface area contributed by atoms with Crippen molar-refractivity contribution in [2.45, 2.75) is 0 Å². The zero-order valence-corrected chi connectivity index (χ0v) is 10.1. The lowest BCUT2D eigenvalue weighted by molar-refractivity contribution is 0.638. The van der Waals surface area contributed by atoms with E-state index in [1.807, 2.05) is 17.8 Å². The fourth-order valence-corrected chi connectivity index (χ4v) is 2.97. The molecule has 1 aliphatic rings. The van der Waals surface area contributed by atoms with Crippen molar-refractivity contribution in [3.05, 3.63) is 30.3 Å². The van der Waals surface area contributed by atoms with E-state index >= 15 is 0 Å². The zero-order valence-electron chi connectivity index (χ0n) is 9.27. The summed E-state index contributed by atoms with van der Waals surface area (Å²) in [6.45, 7) is 1.84. The summed E-state index contributed by atoms with van der Waals surface area (Å²) in [6.07, 6.45) is 1.51. The molecule has 0 aliphatic carbocycles. The highest BCUT2D eigenvalue weighted by Crippen LogP contribution is 2.27. The Morgan fingerprint density at radius 2 is 2.00 bits per heavy atom. The molecule has 0 N–H and O–H groups in total. The molecule has 2 heterocycles. The molecule has 1 aromatic heterocycles. The van der Waals surface area contributed by atoms with E-state index in [0.717, 1.165) is 30.4 Å². The molecule has 0 saturated carbocycles. The van der Waals surface area contributed by atoms with Gasteiger partial charge in [0, 0.05) is 24.6 Å². The molecule has 0 spiro atoms. The molecule has 0 unspecified atom stereocenters. The van der Waals surface area contributed by atoms with Crippen LogP contribution >= 0.6 is 11.8 Å². The van der Waals surface area contributed by atoms with E-state index in [1.165, 1.54) is 12.4 Å².